The molecule has 0 radical (unpaired) electrons. The Labute approximate surface area is 184 Å². The van der Waals surface area contributed by atoms with Crippen molar-refractivity contribution in [1.29, 1.82) is 0 Å². The molecule has 1 N–H and O–H groups in total. The zero-order valence-electron chi connectivity index (χ0n) is 16.8. The Bertz CT molecular complexity index is 1030. The van der Waals surface area contributed by atoms with Gasteiger partial charge in [-0.1, -0.05) is 17.7 Å². The third-order valence-corrected chi connectivity index (χ3v) is 6.10. The number of carbonyl (C=O) groups excluding carboxylic acids is 1. The van der Waals surface area contributed by atoms with Gasteiger partial charge in [0.1, 0.15) is 11.5 Å². The van der Waals surface area contributed by atoms with Crippen molar-refractivity contribution in [2.24, 2.45) is 4.99 Å². The van der Waals surface area contributed by atoms with E-state index >= 15 is 0 Å². The molecule has 0 unspecified atom stereocenters. The molecular formula is C22H22ClN3O3S. The Morgan fingerprint density at radius 1 is 1.13 bits per heavy atom. The van der Waals surface area contributed by atoms with Gasteiger partial charge in [0.05, 0.1) is 30.5 Å². The van der Waals surface area contributed by atoms with E-state index in [1.54, 1.807) is 32.4 Å². The van der Waals surface area contributed by atoms with Crippen LogP contribution in [0.4, 0.5) is 11.4 Å². The summed E-state index contributed by atoms with van der Waals surface area (Å²) < 4.78 is 11.2. The minimum absolute atomic E-state index is 0.203. The second-order valence-corrected chi connectivity index (χ2v) is 8.39. The van der Waals surface area contributed by atoms with Gasteiger partial charge in [-0.3, -0.25) is 4.79 Å². The SMILES string of the molecule is COc1cc(N2CCCC2)c(OC)cc1/C=C1\SC(=Nc2cccc(Cl)c2)NC1=O. The van der Waals surface area contributed by atoms with E-state index in [0.717, 1.165) is 30.1 Å². The van der Waals surface area contributed by atoms with Crippen LogP contribution in [-0.2, 0) is 4.79 Å². The second kappa shape index (κ2) is 9.02. The Balaban J connectivity index is 1.64. The Morgan fingerprint density at radius 3 is 2.60 bits per heavy atom. The molecule has 6 nitrogen and oxygen atoms in total. The molecule has 2 aliphatic rings. The first-order chi connectivity index (χ1) is 14.6. The lowest BCUT2D eigenvalue weighted by molar-refractivity contribution is -0.115. The molecule has 30 heavy (non-hydrogen) atoms. The number of nitrogens with one attached hydrogen (secondary N) is 1. The number of rotatable bonds is 5. The first-order valence-corrected chi connectivity index (χ1v) is 10.8. The lowest BCUT2D eigenvalue weighted by Gasteiger charge is -2.22. The number of amides is 1. The highest BCUT2D eigenvalue weighted by atomic mass is 35.5. The number of nitrogens with zero attached hydrogens (tertiary/aromatic N) is 2. The molecule has 8 heteroatoms. The Kier molecular flexibility index (Phi) is 6.20. The molecule has 2 heterocycles. The highest BCUT2D eigenvalue weighted by Crippen LogP contribution is 2.39. The summed E-state index contributed by atoms with van der Waals surface area (Å²) in [6.07, 6.45) is 4.14. The molecule has 2 saturated heterocycles. The number of halogens is 1. The molecule has 0 bridgehead atoms. The largest absolute Gasteiger partial charge is 0.496 e. The first-order valence-electron chi connectivity index (χ1n) is 9.63. The minimum atomic E-state index is -0.203. The van der Waals surface area contributed by atoms with Crippen LogP contribution in [0.25, 0.3) is 6.08 Å². The summed E-state index contributed by atoms with van der Waals surface area (Å²) in [5, 5.41) is 3.90. The van der Waals surface area contributed by atoms with Gasteiger partial charge in [0.25, 0.3) is 5.91 Å². The van der Waals surface area contributed by atoms with E-state index in [4.69, 9.17) is 21.1 Å². The van der Waals surface area contributed by atoms with E-state index in [1.165, 1.54) is 24.6 Å². The smallest absolute Gasteiger partial charge is 0.264 e. The number of carbonyl (C=O) groups is 1. The number of aliphatic imine (C=N–C) groups is 1. The fraction of sp³-hybridized carbons (Fsp3) is 0.273. The van der Waals surface area contributed by atoms with Gasteiger partial charge in [-0.15, -0.1) is 0 Å². The van der Waals surface area contributed by atoms with Gasteiger partial charge in [-0.2, -0.15) is 0 Å². The molecule has 0 atom stereocenters. The highest BCUT2D eigenvalue weighted by molar-refractivity contribution is 8.18. The molecule has 4 rings (SSSR count). The van der Waals surface area contributed by atoms with Crippen LogP contribution in [0.2, 0.25) is 5.02 Å². The van der Waals surface area contributed by atoms with Gasteiger partial charge in [0.2, 0.25) is 0 Å². The van der Waals surface area contributed by atoms with Crippen LogP contribution in [0.15, 0.2) is 46.3 Å². The zero-order chi connectivity index (χ0) is 21.1. The van der Waals surface area contributed by atoms with Gasteiger partial charge in [0.15, 0.2) is 5.17 Å². The topological polar surface area (TPSA) is 63.2 Å². The summed E-state index contributed by atoms with van der Waals surface area (Å²) in [6, 6.07) is 11.1. The maximum Gasteiger partial charge on any atom is 0.264 e. The molecule has 156 valence electrons. The number of amidine groups is 1. The van der Waals surface area contributed by atoms with Crippen LogP contribution in [0.5, 0.6) is 11.5 Å². The number of hydrogen-bond acceptors (Lipinski definition) is 6. The minimum Gasteiger partial charge on any atom is -0.496 e. The standard InChI is InChI=1S/C22H22ClN3O3S/c1-28-18-13-17(26-8-3-4-9-26)19(29-2)10-14(18)11-20-21(27)25-22(30-20)24-16-7-5-6-15(23)12-16/h5-7,10-13H,3-4,8-9H2,1-2H3,(H,24,25,27)/b20-11-. The van der Waals surface area contributed by atoms with Gasteiger partial charge in [-0.05, 0) is 54.9 Å². The number of ether oxygens (including phenoxy) is 2. The van der Waals surface area contributed by atoms with Crippen molar-refractivity contribution in [1.82, 2.24) is 5.32 Å². The predicted octanol–water partition coefficient (Wildman–Crippen LogP) is 4.85. The van der Waals surface area contributed by atoms with Crippen LogP contribution >= 0.6 is 23.4 Å². The van der Waals surface area contributed by atoms with Crippen LogP contribution in [-0.4, -0.2) is 38.4 Å². The zero-order valence-corrected chi connectivity index (χ0v) is 18.3. The second-order valence-electron chi connectivity index (χ2n) is 6.92. The summed E-state index contributed by atoms with van der Waals surface area (Å²) in [5.41, 5.74) is 2.47. The number of anilines is 1. The summed E-state index contributed by atoms with van der Waals surface area (Å²) in [7, 11) is 3.29. The van der Waals surface area contributed by atoms with Crippen molar-refractivity contribution in [2.75, 3.05) is 32.2 Å². The van der Waals surface area contributed by atoms with Crippen molar-refractivity contribution in [3.05, 3.63) is 51.9 Å². The molecule has 0 aromatic heterocycles. The van der Waals surface area contributed by atoms with Gasteiger partial charge >= 0.3 is 0 Å². The average Bonchev–Trinajstić information content (AvgIpc) is 3.38. The lowest BCUT2D eigenvalue weighted by atomic mass is 10.1. The summed E-state index contributed by atoms with van der Waals surface area (Å²) in [5.74, 6) is 1.25. The molecule has 0 aliphatic carbocycles. The third-order valence-electron chi connectivity index (χ3n) is 4.95. The number of hydrogen-bond donors (Lipinski definition) is 1. The van der Waals surface area contributed by atoms with E-state index in [-0.39, 0.29) is 5.91 Å². The maximum atomic E-state index is 12.5. The number of thioether (sulfide) groups is 1. The predicted molar refractivity (Wildman–Crippen MR) is 123 cm³/mol. The molecule has 0 spiro atoms. The van der Waals surface area contributed by atoms with Gasteiger partial charge in [-0.25, -0.2) is 4.99 Å². The van der Waals surface area contributed by atoms with Gasteiger partial charge in [0, 0.05) is 29.7 Å². The number of methoxy groups -OCH3 is 2. The normalized spacial score (nSPS) is 18.9. The molecule has 2 aliphatic heterocycles. The molecular weight excluding hydrogens is 422 g/mol. The molecule has 2 aromatic rings. The van der Waals surface area contributed by atoms with Crippen LogP contribution in [0.1, 0.15) is 18.4 Å². The van der Waals surface area contributed by atoms with Crippen molar-refractivity contribution in [2.45, 2.75) is 12.8 Å². The first kappa shape index (κ1) is 20.6. The van der Waals surface area contributed by atoms with Crippen molar-refractivity contribution in [3.8, 4) is 11.5 Å². The average molecular weight is 444 g/mol. The Hall–Kier alpha value is -2.64. The summed E-state index contributed by atoms with van der Waals surface area (Å²) in [6.45, 7) is 2.00. The fourth-order valence-electron chi connectivity index (χ4n) is 3.51. The van der Waals surface area contributed by atoms with Crippen molar-refractivity contribution in [3.63, 3.8) is 0 Å². The van der Waals surface area contributed by atoms with Crippen LogP contribution < -0.4 is 19.7 Å². The quantitative estimate of drug-likeness (QED) is 0.669. The number of benzene rings is 2. The van der Waals surface area contributed by atoms with Crippen LogP contribution in [0, 0.1) is 0 Å². The van der Waals surface area contributed by atoms with E-state index in [1.807, 2.05) is 24.3 Å². The molecule has 2 aromatic carbocycles. The van der Waals surface area contributed by atoms with Crippen molar-refractivity contribution < 1.29 is 14.3 Å². The van der Waals surface area contributed by atoms with E-state index < -0.39 is 0 Å². The highest BCUT2D eigenvalue weighted by Gasteiger charge is 2.25. The monoisotopic (exact) mass is 443 g/mol. The van der Waals surface area contributed by atoms with E-state index in [2.05, 4.69) is 15.2 Å². The van der Waals surface area contributed by atoms with Crippen molar-refractivity contribution >= 4 is 51.9 Å². The van der Waals surface area contributed by atoms with Crippen LogP contribution in [0.3, 0.4) is 0 Å². The fourth-order valence-corrected chi connectivity index (χ4v) is 4.53. The van der Waals surface area contributed by atoms with E-state index in [0.29, 0.717) is 26.5 Å². The van der Waals surface area contributed by atoms with E-state index in [9.17, 15) is 4.79 Å². The third kappa shape index (κ3) is 4.42. The lowest BCUT2D eigenvalue weighted by Crippen LogP contribution is -2.19. The summed E-state index contributed by atoms with van der Waals surface area (Å²) in [4.78, 5) is 19.8. The Morgan fingerprint density at radius 2 is 1.90 bits per heavy atom. The maximum absolute atomic E-state index is 12.5. The van der Waals surface area contributed by atoms with Gasteiger partial charge < -0.3 is 19.7 Å². The molecule has 1 amide bonds. The summed E-state index contributed by atoms with van der Waals surface area (Å²) >= 11 is 7.29. The molecule has 2 fully saturated rings. The molecule has 0 saturated carbocycles.